The van der Waals surface area contributed by atoms with Crippen molar-refractivity contribution in [1.29, 1.82) is 0 Å². The highest BCUT2D eigenvalue weighted by Crippen LogP contribution is 2.11. The monoisotopic (exact) mass is 346 g/mol. The van der Waals surface area contributed by atoms with Gasteiger partial charge in [0.2, 0.25) is 5.91 Å². The molecule has 0 unspecified atom stereocenters. The van der Waals surface area contributed by atoms with Crippen LogP contribution in [0.15, 0.2) is 28.7 Å². The summed E-state index contributed by atoms with van der Waals surface area (Å²) in [5.41, 5.74) is 1.25. The quantitative estimate of drug-likeness (QED) is 0.879. The Morgan fingerprint density at radius 1 is 1.32 bits per heavy atom. The summed E-state index contributed by atoms with van der Waals surface area (Å²) in [5.74, 6) is 0.145. The van der Waals surface area contributed by atoms with E-state index < -0.39 is 0 Å². The van der Waals surface area contributed by atoms with Gasteiger partial charge in [0.05, 0.1) is 6.04 Å². The Hall–Kier alpha value is -0.580. The Kier molecular flexibility index (Phi) is 7.42. The molecule has 1 saturated heterocycles. The van der Waals surface area contributed by atoms with Crippen molar-refractivity contribution in [2.24, 2.45) is 0 Å². The molecule has 0 aliphatic carbocycles. The molecule has 0 radical (unpaired) electrons. The summed E-state index contributed by atoms with van der Waals surface area (Å²) in [4.78, 5) is 11.9. The molecule has 0 spiro atoms. The molecule has 0 bridgehead atoms. The largest absolute Gasteiger partial charge is 0.354 e. The molecule has 1 aliphatic heterocycles. The zero-order valence-electron chi connectivity index (χ0n) is 10.8. The molecular formula is C14H20BrClN2O. The second-order valence-corrected chi connectivity index (χ2v) is 5.59. The van der Waals surface area contributed by atoms with Crippen molar-refractivity contribution in [1.82, 2.24) is 10.6 Å². The van der Waals surface area contributed by atoms with Crippen LogP contribution in [-0.2, 0) is 11.2 Å². The highest BCUT2D eigenvalue weighted by molar-refractivity contribution is 9.10. The summed E-state index contributed by atoms with van der Waals surface area (Å²) in [6.45, 7) is 1.67. The fraction of sp³-hybridized carbons (Fsp3) is 0.500. The van der Waals surface area contributed by atoms with E-state index in [1.54, 1.807) is 0 Å². The van der Waals surface area contributed by atoms with Crippen molar-refractivity contribution < 1.29 is 4.79 Å². The zero-order chi connectivity index (χ0) is 12.8. The third kappa shape index (κ3) is 5.51. The van der Waals surface area contributed by atoms with Crippen LogP contribution in [0.25, 0.3) is 0 Å². The number of piperidine rings is 1. The lowest BCUT2D eigenvalue weighted by atomic mass is 10.0. The summed E-state index contributed by atoms with van der Waals surface area (Å²) < 4.78 is 1.08. The average molecular weight is 348 g/mol. The minimum atomic E-state index is 0. The van der Waals surface area contributed by atoms with E-state index in [9.17, 15) is 4.79 Å². The smallest absolute Gasteiger partial charge is 0.237 e. The van der Waals surface area contributed by atoms with Crippen LogP contribution in [-0.4, -0.2) is 25.0 Å². The number of carbonyl (C=O) groups excluding carboxylic acids is 1. The first-order valence-corrected chi connectivity index (χ1v) is 7.30. The molecule has 106 valence electrons. The molecule has 1 amide bonds. The minimum absolute atomic E-state index is 0. The van der Waals surface area contributed by atoms with Gasteiger partial charge in [-0.1, -0.05) is 34.5 Å². The summed E-state index contributed by atoms with van der Waals surface area (Å²) >= 11 is 3.41. The van der Waals surface area contributed by atoms with Gasteiger partial charge in [0.1, 0.15) is 0 Å². The maximum Gasteiger partial charge on any atom is 0.237 e. The average Bonchev–Trinajstić information content (AvgIpc) is 2.42. The second kappa shape index (κ2) is 8.56. The number of amides is 1. The standard InChI is InChI=1S/C14H19BrN2O.ClH/c15-12-6-4-11(5-7-12)8-10-17-14(18)13-3-1-2-9-16-13;/h4-7,13,16H,1-3,8-10H2,(H,17,18);1H/t13-;/m1./s1. The fourth-order valence-corrected chi connectivity index (χ4v) is 2.44. The Morgan fingerprint density at radius 3 is 2.68 bits per heavy atom. The molecule has 0 aromatic heterocycles. The van der Waals surface area contributed by atoms with Gasteiger partial charge in [-0.05, 0) is 43.5 Å². The summed E-state index contributed by atoms with van der Waals surface area (Å²) in [6.07, 6.45) is 4.18. The lowest BCUT2D eigenvalue weighted by Gasteiger charge is -2.22. The first kappa shape index (κ1) is 16.5. The summed E-state index contributed by atoms with van der Waals surface area (Å²) in [6, 6.07) is 8.23. The number of nitrogens with one attached hydrogen (secondary N) is 2. The van der Waals surface area contributed by atoms with E-state index in [4.69, 9.17) is 0 Å². The highest BCUT2D eigenvalue weighted by Gasteiger charge is 2.19. The maximum atomic E-state index is 11.9. The number of carbonyl (C=O) groups is 1. The van der Waals surface area contributed by atoms with Crippen LogP contribution in [0.4, 0.5) is 0 Å². The summed E-state index contributed by atoms with van der Waals surface area (Å²) in [7, 11) is 0. The lowest BCUT2D eigenvalue weighted by Crippen LogP contribution is -2.47. The number of hydrogen-bond acceptors (Lipinski definition) is 2. The van der Waals surface area contributed by atoms with Gasteiger partial charge in [-0.2, -0.15) is 0 Å². The number of benzene rings is 1. The molecule has 1 heterocycles. The molecule has 1 aromatic rings. The van der Waals surface area contributed by atoms with Crippen molar-refractivity contribution >= 4 is 34.2 Å². The van der Waals surface area contributed by atoms with Crippen molar-refractivity contribution in [3.63, 3.8) is 0 Å². The summed E-state index contributed by atoms with van der Waals surface area (Å²) in [5, 5.41) is 6.26. The van der Waals surface area contributed by atoms with Crippen LogP contribution in [0.5, 0.6) is 0 Å². The van der Waals surface area contributed by atoms with Crippen LogP contribution >= 0.6 is 28.3 Å². The van der Waals surface area contributed by atoms with E-state index in [2.05, 4.69) is 38.7 Å². The van der Waals surface area contributed by atoms with Gasteiger partial charge < -0.3 is 10.6 Å². The number of hydrogen-bond donors (Lipinski definition) is 2. The van der Waals surface area contributed by atoms with Crippen LogP contribution in [0, 0.1) is 0 Å². The van der Waals surface area contributed by atoms with Gasteiger partial charge in [0, 0.05) is 11.0 Å². The van der Waals surface area contributed by atoms with E-state index in [1.165, 1.54) is 12.0 Å². The topological polar surface area (TPSA) is 41.1 Å². The molecule has 3 nitrogen and oxygen atoms in total. The highest BCUT2D eigenvalue weighted by atomic mass is 79.9. The normalized spacial score (nSPS) is 18.5. The first-order valence-electron chi connectivity index (χ1n) is 6.51. The lowest BCUT2D eigenvalue weighted by molar-refractivity contribution is -0.123. The molecule has 2 rings (SSSR count). The molecule has 1 aromatic carbocycles. The third-order valence-corrected chi connectivity index (χ3v) is 3.78. The van der Waals surface area contributed by atoms with Crippen molar-refractivity contribution in [3.05, 3.63) is 34.3 Å². The van der Waals surface area contributed by atoms with Crippen LogP contribution in [0.1, 0.15) is 24.8 Å². The molecule has 1 atom stereocenters. The van der Waals surface area contributed by atoms with Gasteiger partial charge in [-0.25, -0.2) is 0 Å². The first-order chi connectivity index (χ1) is 8.75. The van der Waals surface area contributed by atoms with E-state index >= 15 is 0 Å². The predicted octanol–water partition coefficient (Wildman–Crippen LogP) is 2.67. The van der Waals surface area contributed by atoms with E-state index in [-0.39, 0.29) is 24.4 Å². The van der Waals surface area contributed by atoms with Gasteiger partial charge in [-0.15, -0.1) is 12.4 Å². The van der Waals surface area contributed by atoms with Gasteiger partial charge >= 0.3 is 0 Å². The van der Waals surface area contributed by atoms with Gasteiger partial charge in [-0.3, -0.25) is 4.79 Å². The number of rotatable bonds is 4. The van der Waals surface area contributed by atoms with E-state index in [0.717, 1.165) is 30.3 Å². The number of halogens is 2. The van der Waals surface area contributed by atoms with Crippen LogP contribution < -0.4 is 10.6 Å². The molecular weight excluding hydrogens is 328 g/mol. The predicted molar refractivity (Wildman–Crippen MR) is 83.7 cm³/mol. The van der Waals surface area contributed by atoms with Crippen molar-refractivity contribution in [2.45, 2.75) is 31.7 Å². The van der Waals surface area contributed by atoms with Crippen molar-refractivity contribution in [2.75, 3.05) is 13.1 Å². The Balaban J connectivity index is 0.00000180. The Labute approximate surface area is 129 Å². The zero-order valence-corrected chi connectivity index (χ0v) is 13.2. The van der Waals surface area contributed by atoms with Crippen LogP contribution in [0.3, 0.4) is 0 Å². The van der Waals surface area contributed by atoms with Crippen LogP contribution in [0.2, 0.25) is 0 Å². The Bertz CT molecular complexity index is 391. The second-order valence-electron chi connectivity index (χ2n) is 4.67. The van der Waals surface area contributed by atoms with Crippen molar-refractivity contribution in [3.8, 4) is 0 Å². The SMILES string of the molecule is Cl.O=C(NCCc1ccc(Br)cc1)[C@H]1CCCCN1. The van der Waals surface area contributed by atoms with E-state index in [0.29, 0.717) is 6.54 Å². The molecule has 0 saturated carbocycles. The fourth-order valence-electron chi connectivity index (χ4n) is 2.18. The molecule has 5 heteroatoms. The molecule has 1 aliphatic rings. The molecule has 19 heavy (non-hydrogen) atoms. The van der Waals surface area contributed by atoms with Gasteiger partial charge in [0.15, 0.2) is 0 Å². The van der Waals surface area contributed by atoms with E-state index in [1.807, 2.05) is 12.1 Å². The maximum absolute atomic E-state index is 11.9. The molecule has 2 N–H and O–H groups in total. The Morgan fingerprint density at radius 2 is 2.05 bits per heavy atom. The minimum Gasteiger partial charge on any atom is -0.354 e. The molecule has 1 fully saturated rings. The third-order valence-electron chi connectivity index (χ3n) is 3.25. The van der Waals surface area contributed by atoms with Gasteiger partial charge in [0.25, 0.3) is 0 Å².